The van der Waals surface area contributed by atoms with Crippen LogP contribution in [-0.2, 0) is 14.8 Å². The summed E-state index contributed by atoms with van der Waals surface area (Å²) >= 11 is 0. The number of hydrogen-bond acceptors (Lipinski definition) is 4. The maximum Gasteiger partial charge on any atom is 0.211 e. The third kappa shape index (κ3) is 11.4. The molecule has 0 unspecified atom stereocenters. The Morgan fingerprint density at radius 2 is 2.11 bits per heavy atom. The van der Waals surface area contributed by atoms with Crippen molar-refractivity contribution in [3.05, 3.63) is 0 Å². The molecule has 3 N–H and O–H groups in total. The van der Waals surface area contributed by atoms with Crippen molar-refractivity contribution in [2.75, 3.05) is 46.2 Å². The number of halogens is 1. The van der Waals surface area contributed by atoms with E-state index in [0.29, 0.717) is 45.2 Å². The van der Waals surface area contributed by atoms with Crippen molar-refractivity contribution < 1.29 is 13.2 Å². The highest BCUT2D eigenvalue weighted by atomic mass is 127. The average Bonchev–Trinajstić information content (AvgIpc) is 2.27. The second-order valence-corrected chi connectivity index (χ2v) is 5.78. The standard InChI is InChI=1S/C10H24N4O3S.HI/c1-4-14(18(3,15)16)8-5-6-12-10(11)13-7-9-17-2;/h4-9H2,1-3H3,(H3,11,12,13);1H. The van der Waals surface area contributed by atoms with Crippen molar-refractivity contribution in [3.63, 3.8) is 0 Å². The number of nitrogens with one attached hydrogen (secondary N) is 1. The maximum atomic E-state index is 11.3. The molecule has 0 radical (unpaired) electrons. The molecular weight excluding hydrogens is 383 g/mol. The van der Waals surface area contributed by atoms with Crippen molar-refractivity contribution in [1.29, 1.82) is 0 Å². The first kappa shape index (κ1) is 21.2. The summed E-state index contributed by atoms with van der Waals surface area (Å²) in [5.74, 6) is 0.356. The topological polar surface area (TPSA) is 97.0 Å². The predicted octanol–water partition coefficient (Wildman–Crippen LogP) is -0.173. The minimum atomic E-state index is -3.11. The minimum Gasteiger partial charge on any atom is -0.383 e. The lowest BCUT2D eigenvalue weighted by Crippen LogP contribution is -2.34. The zero-order valence-corrected chi connectivity index (χ0v) is 14.9. The van der Waals surface area contributed by atoms with E-state index >= 15 is 0 Å². The molecule has 116 valence electrons. The maximum absolute atomic E-state index is 11.3. The van der Waals surface area contributed by atoms with E-state index in [4.69, 9.17) is 10.5 Å². The number of nitrogens with two attached hydrogens (primary N) is 1. The SMILES string of the molecule is CCN(CCCN=C(N)NCCOC)S(C)(=O)=O.I. The Balaban J connectivity index is 0. The van der Waals surface area contributed by atoms with Gasteiger partial charge in [-0.3, -0.25) is 4.99 Å². The van der Waals surface area contributed by atoms with Crippen LogP contribution in [0.25, 0.3) is 0 Å². The monoisotopic (exact) mass is 408 g/mol. The molecule has 0 saturated heterocycles. The van der Waals surface area contributed by atoms with Gasteiger partial charge in [-0.25, -0.2) is 12.7 Å². The van der Waals surface area contributed by atoms with E-state index in [1.165, 1.54) is 10.6 Å². The number of nitrogens with zero attached hydrogens (tertiary/aromatic N) is 2. The van der Waals surface area contributed by atoms with E-state index in [1.54, 1.807) is 7.11 Å². The van der Waals surface area contributed by atoms with Gasteiger partial charge in [0.15, 0.2) is 5.96 Å². The molecule has 0 aromatic heterocycles. The molecule has 19 heavy (non-hydrogen) atoms. The quantitative estimate of drug-likeness (QED) is 0.239. The number of methoxy groups -OCH3 is 1. The normalized spacial score (nSPS) is 12.3. The molecule has 0 aromatic carbocycles. The van der Waals surface area contributed by atoms with Crippen LogP contribution in [0.4, 0.5) is 0 Å². The molecule has 0 aliphatic rings. The number of guanidine groups is 1. The first-order chi connectivity index (χ1) is 8.41. The van der Waals surface area contributed by atoms with Gasteiger partial charge in [0, 0.05) is 33.3 Å². The number of aliphatic imine (C=N–C) groups is 1. The smallest absolute Gasteiger partial charge is 0.211 e. The lowest BCUT2D eigenvalue weighted by Gasteiger charge is -2.16. The van der Waals surface area contributed by atoms with Crippen LogP contribution in [-0.4, -0.2) is 64.8 Å². The van der Waals surface area contributed by atoms with Gasteiger partial charge in [-0.2, -0.15) is 0 Å². The summed E-state index contributed by atoms with van der Waals surface area (Å²) in [5, 5.41) is 2.89. The van der Waals surface area contributed by atoms with Crippen molar-refractivity contribution in [3.8, 4) is 0 Å². The van der Waals surface area contributed by atoms with Crippen LogP contribution in [0.5, 0.6) is 0 Å². The lowest BCUT2D eigenvalue weighted by atomic mass is 10.4. The van der Waals surface area contributed by atoms with Crippen LogP contribution in [0.15, 0.2) is 4.99 Å². The highest BCUT2D eigenvalue weighted by molar-refractivity contribution is 14.0. The molecule has 9 heteroatoms. The van der Waals surface area contributed by atoms with Gasteiger partial charge in [-0.05, 0) is 6.42 Å². The molecule has 0 aromatic rings. The van der Waals surface area contributed by atoms with E-state index in [0.717, 1.165) is 0 Å². The number of ether oxygens (including phenoxy) is 1. The van der Waals surface area contributed by atoms with Crippen LogP contribution in [0.2, 0.25) is 0 Å². The summed E-state index contributed by atoms with van der Waals surface area (Å²) in [6.45, 7) is 4.42. The number of rotatable bonds is 9. The van der Waals surface area contributed by atoms with Crippen LogP contribution >= 0.6 is 24.0 Å². The Morgan fingerprint density at radius 1 is 1.47 bits per heavy atom. The van der Waals surface area contributed by atoms with Gasteiger partial charge in [0.2, 0.25) is 10.0 Å². The van der Waals surface area contributed by atoms with Gasteiger partial charge in [0.05, 0.1) is 12.9 Å². The molecule has 0 aliphatic heterocycles. The zero-order valence-electron chi connectivity index (χ0n) is 11.8. The van der Waals surface area contributed by atoms with Gasteiger partial charge in [0.1, 0.15) is 0 Å². The van der Waals surface area contributed by atoms with Crippen LogP contribution < -0.4 is 11.1 Å². The average molecular weight is 408 g/mol. The molecule has 0 aliphatic carbocycles. The van der Waals surface area contributed by atoms with E-state index in [-0.39, 0.29) is 24.0 Å². The summed E-state index contributed by atoms with van der Waals surface area (Å²) in [4.78, 5) is 4.09. The third-order valence-corrected chi connectivity index (χ3v) is 3.66. The highest BCUT2D eigenvalue weighted by Crippen LogP contribution is 1.98. The molecule has 0 heterocycles. The molecule has 0 bridgehead atoms. The molecule has 0 rings (SSSR count). The van der Waals surface area contributed by atoms with Crippen LogP contribution in [0.1, 0.15) is 13.3 Å². The molecule has 0 atom stereocenters. The van der Waals surface area contributed by atoms with Crippen molar-refractivity contribution in [1.82, 2.24) is 9.62 Å². The lowest BCUT2D eigenvalue weighted by molar-refractivity contribution is 0.204. The van der Waals surface area contributed by atoms with Crippen LogP contribution in [0.3, 0.4) is 0 Å². The Labute approximate surface area is 133 Å². The highest BCUT2D eigenvalue weighted by Gasteiger charge is 2.12. The Bertz CT molecular complexity index is 349. The van der Waals surface area contributed by atoms with Crippen LogP contribution in [0, 0.1) is 0 Å². The van der Waals surface area contributed by atoms with Gasteiger partial charge < -0.3 is 15.8 Å². The third-order valence-electron chi connectivity index (χ3n) is 2.28. The van der Waals surface area contributed by atoms with Crippen molar-refractivity contribution in [2.45, 2.75) is 13.3 Å². The van der Waals surface area contributed by atoms with Crippen molar-refractivity contribution in [2.24, 2.45) is 10.7 Å². The largest absolute Gasteiger partial charge is 0.383 e. The zero-order chi connectivity index (χ0) is 14.0. The second-order valence-electron chi connectivity index (χ2n) is 3.79. The molecule has 7 nitrogen and oxygen atoms in total. The number of hydrogen-bond donors (Lipinski definition) is 2. The van der Waals surface area contributed by atoms with Gasteiger partial charge in [-0.1, -0.05) is 6.92 Å². The molecule has 0 saturated carbocycles. The Morgan fingerprint density at radius 3 is 2.58 bits per heavy atom. The van der Waals surface area contributed by atoms with E-state index in [1.807, 2.05) is 6.92 Å². The van der Waals surface area contributed by atoms with Gasteiger partial charge in [0.25, 0.3) is 0 Å². The number of sulfonamides is 1. The summed E-state index contributed by atoms with van der Waals surface area (Å²) < 4.78 is 28.9. The Hall–Kier alpha value is -0.130. The van der Waals surface area contributed by atoms with E-state index < -0.39 is 10.0 Å². The summed E-state index contributed by atoms with van der Waals surface area (Å²) in [7, 11) is -1.50. The summed E-state index contributed by atoms with van der Waals surface area (Å²) in [6.07, 6.45) is 1.86. The fraction of sp³-hybridized carbons (Fsp3) is 0.900. The molecule has 0 amide bonds. The Kier molecular flexibility index (Phi) is 13.0. The predicted molar refractivity (Wildman–Crippen MR) is 88.5 cm³/mol. The van der Waals surface area contributed by atoms with Crippen molar-refractivity contribution >= 4 is 40.0 Å². The summed E-state index contributed by atoms with van der Waals surface area (Å²) in [6, 6.07) is 0. The van der Waals surface area contributed by atoms with Gasteiger partial charge in [-0.15, -0.1) is 24.0 Å². The second kappa shape index (κ2) is 11.7. The molecule has 0 spiro atoms. The fourth-order valence-corrected chi connectivity index (χ4v) is 2.27. The van der Waals surface area contributed by atoms with E-state index in [2.05, 4.69) is 10.3 Å². The molecular formula is C10H25IN4O3S. The fourth-order valence-electron chi connectivity index (χ4n) is 1.34. The summed E-state index contributed by atoms with van der Waals surface area (Å²) in [5.41, 5.74) is 5.60. The minimum absolute atomic E-state index is 0. The van der Waals surface area contributed by atoms with Gasteiger partial charge >= 0.3 is 0 Å². The first-order valence-electron chi connectivity index (χ1n) is 5.89. The van der Waals surface area contributed by atoms with E-state index in [9.17, 15) is 8.42 Å². The molecule has 0 fully saturated rings. The first-order valence-corrected chi connectivity index (χ1v) is 7.74.